The van der Waals surface area contributed by atoms with Gasteiger partial charge in [0.25, 0.3) is 0 Å². The predicted octanol–water partition coefficient (Wildman–Crippen LogP) is 2.87. The van der Waals surface area contributed by atoms with Gasteiger partial charge in [-0.3, -0.25) is 5.10 Å². The average molecular weight is 251 g/mol. The third kappa shape index (κ3) is 2.40. The summed E-state index contributed by atoms with van der Waals surface area (Å²) in [5.41, 5.74) is 7.50. The van der Waals surface area contributed by atoms with Crippen LogP contribution in [0.2, 0.25) is 0 Å². The van der Waals surface area contributed by atoms with Gasteiger partial charge in [-0.25, -0.2) is 8.78 Å². The number of nitrogens with one attached hydrogen (secondary N) is 1. The highest BCUT2D eigenvalue weighted by atomic mass is 19.2. The van der Waals surface area contributed by atoms with E-state index in [-0.39, 0.29) is 12.2 Å². The van der Waals surface area contributed by atoms with E-state index in [9.17, 15) is 8.78 Å². The Morgan fingerprint density at radius 3 is 2.72 bits per heavy atom. The zero-order chi connectivity index (χ0) is 13.1. The molecule has 1 heterocycles. The molecule has 0 spiro atoms. The van der Waals surface area contributed by atoms with Gasteiger partial charge in [0.1, 0.15) is 11.4 Å². The van der Waals surface area contributed by atoms with Crippen LogP contribution in [-0.4, -0.2) is 10.2 Å². The lowest BCUT2D eigenvalue weighted by atomic mass is 10.3. The van der Waals surface area contributed by atoms with Crippen molar-refractivity contribution in [3.63, 3.8) is 0 Å². The largest absolute Gasteiger partial charge is 0.325 e. The molecule has 1 aromatic carbocycles. The zero-order valence-electron chi connectivity index (χ0n) is 9.61. The second-order valence-electron chi connectivity index (χ2n) is 3.65. The molecule has 3 N–H and O–H groups in total. The number of benzene rings is 1. The minimum atomic E-state index is -0.964. The van der Waals surface area contributed by atoms with Crippen LogP contribution in [0.4, 0.5) is 20.2 Å². The Morgan fingerprint density at radius 2 is 2.06 bits per heavy atom. The van der Waals surface area contributed by atoms with E-state index in [1.807, 2.05) is 0 Å². The number of nitrogens with two attached hydrogens (primary N) is 1. The Hall–Kier alpha value is -2.15. The highest BCUT2D eigenvalue weighted by Crippen LogP contribution is 2.24. The monoisotopic (exact) mass is 251 g/mol. The Balaban J connectivity index is 2.29. The molecule has 0 bridgehead atoms. The molecule has 2 aromatic rings. The van der Waals surface area contributed by atoms with Gasteiger partial charge >= 0.3 is 0 Å². The molecule has 1 aromatic heterocycles. The summed E-state index contributed by atoms with van der Waals surface area (Å²) < 4.78 is 25.7. The van der Waals surface area contributed by atoms with Crippen molar-refractivity contribution >= 4 is 11.4 Å². The molecule has 0 aliphatic carbocycles. The minimum absolute atomic E-state index is 0.219. The number of azo groups is 1. The average Bonchev–Trinajstić information content (AvgIpc) is 2.71. The second-order valence-corrected chi connectivity index (χ2v) is 3.65. The Kier molecular flexibility index (Phi) is 3.42. The molecule has 5 nitrogen and oxygen atoms in total. The van der Waals surface area contributed by atoms with Crippen LogP contribution in [0.25, 0.3) is 0 Å². The molecule has 94 valence electrons. The molecule has 2 rings (SSSR count). The van der Waals surface area contributed by atoms with Crippen molar-refractivity contribution < 1.29 is 8.78 Å². The van der Waals surface area contributed by atoms with Crippen LogP contribution in [0.1, 0.15) is 11.4 Å². The Bertz CT molecular complexity index is 591. The van der Waals surface area contributed by atoms with E-state index in [4.69, 9.17) is 5.73 Å². The number of aromatic nitrogens is 2. The highest BCUT2D eigenvalue weighted by molar-refractivity contribution is 5.46. The first-order valence-corrected chi connectivity index (χ1v) is 5.22. The molecule has 0 amide bonds. The Morgan fingerprint density at radius 1 is 1.28 bits per heavy atom. The molecule has 0 aliphatic heterocycles. The predicted molar refractivity (Wildman–Crippen MR) is 61.8 cm³/mol. The molecule has 18 heavy (non-hydrogen) atoms. The molecular weight excluding hydrogens is 240 g/mol. The van der Waals surface area contributed by atoms with E-state index in [1.54, 1.807) is 6.92 Å². The van der Waals surface area contributed by atoms with Crippen LogP contribution in [0.15, 0.2) is 28.4 Å². The fourth-order valence-corrected chi connectivity index (χ4v) is 1.40. The first-order valence-electron chi connectivity index (χ1n) is 5.22. The summed E-state index contributed by atoms with van der Waals surface area (Å²) in [5.74, 6) is -1.88. The molecule has 0 atom stereocenters. The van der Waals surface area contributed by atoms with Crippen molar-refractivity contribution in [2.75, 3.05) is 0 Å². The molecule has 0 unspecified atom stereocenters. The number of hydrogen-bond acceptors (Lipinski definition) is 4. The van der Waals surface area contributed by atoms with Crippen LogP contribution in [0.3, 0.4) is 0 Å². The SMILES string of the molecule is Cc1[nH]nc(CN)c1N=Nc1ccc(F)c(F)c1. The van der Waals surface area contributed by atoms with E-state index in [0.29, 0.717) is 17.1 Å². The van der Waals surface area contributed by atoms with Crippen molar-refractivity contribution in [3.8, 4) is 0 Å². The van der Waals surface area contributed by atoms with Crippen LogP contribution in [0, 0.1) is 18.6 Å². The molecule has 0 aliphatic rings. The smallest absolute Gasteiger partial charge is 0.161 e. The van der Waals surface area contributed by atoms with Gasteiger partial charge in [0.2, 0.25) is 0 Å². The van der Waals surface area contributed by atoms with Gasteiger partial charge in [-0.2, -0.15) is 10.2 Å². The maximum absolute atomic E-state index is 13.0. The van der Waals surface area contributed by atoms with Gasteiger partial charge in [-0.1, -0.05) is 0 Å². The van der Waals surface area contributed by atoms with Gasteiger partial charge in [0.05, 0.1) is 11.4 Å². The van der Waals surface area contributed by atoms with Crippen LogP contribution >= 0.6 is 0 Å². The van der Waals surface area contributed by atoms with Crippen molar-refractivity contribution in [2.24, 2.45) is 16.0 Å². The van der Waals surface area contributed by atoms with Gasteiger partial charge in [0, 0.05) is 12.6 Å². The normalized spacial score (nSPS) is 11.3. The lowest BCUT2D eigenvalue weighted by molar-refractivity contribution is 0.509. The van der Waals surface area contributed by atoms with Crippen molar-refractivity contribution in [1.82, 2.24) is 10.2 Å². The first kappa shape index (κ1) is 12.3. The van der Waals surface area contributed by atoms with E-state index in [2.05, 4.69) is 20.4 Å². The van der Waals surface area contributed by atoms with Gasteiger partial charge in [0.15, 0.2) is 11.6 Å². The van der Waals surface area contributed by atoms with Crippen molar-refractivity contribution in [3.05, 3.63) is 41.2 Å². The second kappa shape index (κ2) is 5.01. The Labute approximate surface area is 102 Å². The number of aromatic amines is 1. The van der Waals surface area contributed by atoms with Crippen LogP contribution in [-0.2, 0) is 6.54 Å². The maximum Gasteiger partial charge on any atom is 0.161 e. The van der Waals surface area contributed by atoms with Crippen LogP contribution in [0.5, 0.6) is 0 Å². The molecule has 0 radical (unpaired) electrons. The summed E-state index contributed by atoms with van der Waals surface area (Å²) in [6.45, 7) is 1.99. The standard InChI is InChI=1S/C11H11F2N5/c1-6-11(10(5-14)17-15-6)18-16-7-2-3-8(12)9(13)4-7/h2-4H,5,14H2,1H3,(H,15,17). The molecule has 7 heteroatoms. The molecular formula is C11H11F2N5. The summed E-state index contributed by atoms with van der Waals surface area (Å²) in [6, 6.07) is 3.30. The van der Waals surface area contributed by atoms with Gasteiger partial charge < -0.3 is 5.73 Å². The third-order valence-corrected chi connectivity index (χ3v) is 2.35. The quantitative estimate of drug-likeness (QED) is 0.822. The lowest BCUT2D eigenvalue weighted by Gasteiger charge is -1.95. The summed E-state index contributed by atoms with van der Waals surface area (Å²) in [7, 11) is 0. The summed E-state index contributed by atoms with van der Waals surface area (Å²) >= 11 is 0. The minimum Gasteiger partial charge on any atom is -0.325 e. The fourth-order valence-electron chi connectivity index (χ4n) is 1.40. The number of aryl methyl sites for hydroxylation is 1. The van der Waals surface area contributed by atoms with Gasteiger partial charge in [-0.15, -0.1) is 5.11 Å². The number of rotatable bonds is 3. The molecule has 0 fully saturated rings. The number of hydrogen-bond donors (Lipinski definition) is 2. The van der Waals surface area contributed by atoms with Crippen molar-refractivity contribution in [2.45, 2.75) is 13.5 Å². The van der Waals surface area contributed by atoms with E-state index in [0.717, 1.165) is 12.1 Å². The number of halogens is 2. The highest BCUT2D eigenvalue weighted by Gasteiger charge is 2.08. The van der Waals surface area contributed by atoms with Crippen molar-refractivity contribution in [1.29, 1.82) is 0 Å². The fraction of sp³-hybridized carbons (Fsp3) is 0.182. The number of nitrogens with zero attached hydrogens (tertiary/aromatic N) is 3. The van der Waals surface area contributed by atoms with Gasteiger partial charge in [-0.05, 0) is 19.1 Å². The van der Waals surface area contributed by atoms with E-state index >= 15 is 0 Å². The lowest BCUT2D eigenvalue weighted by Crippen LogP contribution is -1.96. The summed E-state index contributed by atoms with van der Waals surface area (Å²) in [6.07, 6.45) is 0. The summed E-state index contributed by atoms with van der Waals surface area (Å²) in [5, 5.41) is 14.4. The third-order valence-electron chi connectivity index (χ3n) is 2.35. The molecule has 0 saturated carbocycles. The summed E-state index contributed by atoms with van der Waals surface area (Å²) in [4.78, 5) is 0. The van der Waals surface area contributed by atoms with E-state index < -0.39 is 11.6 Å². The van der Waals surface area contributed by atoms with Crippen LogP contribution < -0.4 is 5.73 Å². The zero-order valence-corrected chi connectivity index (χ0v) is 9.61. The first-order chi connectivity index (χ1) is 8.61. The number of H-pyrrole nitrogens is 1. The maximum atomic E-state index is 13.0. The topological polar surface area (TPSA) is 79.4 Å². The molecule has 0 saturated heterocycles. The van der Waals surface area contributed by atoms with E-state index in [1.165, 1.54) is 6.07 Å².